The standard InChI is InChI=1S/C23H23NO4/c1-16-13-20(17(2)24(16)14-19-9-6-12-27-19)21(25)15-28-22(26)23(10-11-23)18-7-4-3-5-8-18/h3-9,12-13H,10-11,14-15H2,1-2H3. The van der Waals surface area contributed by atoms with Crippen LogP contribution >= 0.6 is 0 Å². The van der Waals surface area contributed by atoms with Gasteiger partial charge in [0.1, 0.15) is 5.76 Å². The topological polar surface area (TPSA) is 61.4 Å². The first kappa shape index (κ1) is 18.3. The van der Waals surface area contributed by atoms with E-state index >= 15 is 0 Å². The number of benzene rings is 1. The van der Waals surface area contributed by atoms with Gasteiger partial charge in [-0.1, -0.05) is 30.3 Å². The van der Waals surface area contributed by atoms with Crippen molar-refractivity contribution in [2.75, 3.05) is 6.61 Å². The Hall–Kier alpha value is -3.08. The molecule has 0 saturated heterocycles. The fraction of sp³-hybridized carbons (Fsp3) is 0.304. The molecule has 0 N–H and O–H groups in total. The summed E-state index contributed by atoms with van der Waals surface area (Å²) in [7, 11) is 0. The Balaban J connectivity index is 1.44. The van der Waals surface area contributed by atoms with E-state index in [1.54, 1.807) is 6.26 Å². The summed E-state index contributed by atoms with van der Waals surface area (Å²) in [6.07, 6.45) is 3.17. The van der Waals surface area contributed by atoms with E-state index in [9.17, 15) is 9.59 Å². The molecule has 0 amide bonds. The molecule has 3 aromatic rings. The van der Waals surface area contributed by atoms with Crippen LogP contribution in [0.2, 0.25) is 0 Å². The summed E-state index contributed by atoms with van der Waals surface area (Å²) in [4.78, 5) is 25.3. The lowest BCUT2D eigenvalue weighted by atomic mass is 9.96. The number of hydrogen-bond donors (Lipinski definition) is 0. The van der Waals surface area contributed by atoms with Gasteiger partial charge in [0.05, 0.1) is 18.2 Å². The molecule has 1 saturated carbocycles. The molecule has 1 aliphatic carbocycles. The van der Waals surface area contributed by atoms with Gasteiger partial charge in [0.15, 0.2) is 6.61 Å². The number of carbonyl (C=O) groups is 2. The van der Waals surface area contributed by atoms with E-state index in [-0.39, 0.29) is 18.4 Å². The zero-order valence-electron chi connectivity index (χ0n) is 16.1. The van der Waals surface area contributed by atoms with Crippen molar-refractivity contribution in [1.29, 1.82) is 0 Å². The maximum Gasteiger partial charge on any atom is 0.317 e. The first-order chi connectivity index (χ1) is 13.5. The summed E-state index contributed by atoms with van der Waals surface area (Å²) in [6.45, 7) is 4.18. The van der Waals surface area contributed by atoms with Gasteiger partial charge in [-0.2, -0.15) is 0 Å². The lowest BCUT2D eigenvalue weighted by Gasteiger charge is -2.14. The number of hydrogen-bond acceptors (Lipinski definition) is 4. The third-order valence-electron chi connectivity index (χ3n) is 5.57. The molecule has 1 fully saturated rings. The van der Waals surface area contributed by atoms with E-state index in [2.05, 4.69) is 0 Å². The van der Waals surface area contributed by atoms with Crippen LogP contribution in [0.25, 0.3) is 0 Å². The maximum atomic E-state index is 12.7. The molecule has 2 aromatic heterocycles. The van der Waals surface area contributed by atoms with Crippen LogP contribution in [-0.4, -0.2) is 22.9 Å². The molecule has 0 radical (unpaired) electrons. The van der Waals surface area contributed by atoms with Crippen LogP contribution in [0.4, 0.5) is 0 Å². The number of nitrogens with zero attached hydrogens (tertiary/aromatic N) is 1. The summed E-state index contributed by atoms with van der Waals surface area (Å²) in [6, 6.07) is 15.2. The van der Waals surface area contributed by atoms with Gasteiger partial charge < -0.3 is 13.7 Å². The average Bonchev–Trinajstić information content (AvgIpc) is 3.28. The molecule has 2 heterocycles. The quantitative estimate of drug-likeness (QED) is 0.457. The molecule has 0 bridgehead atoms. The Kier molecular flexibility index (Phi) is 4.67. The Morgan fingerprint density at radius 2 is 1.86 bits per heavy atom. The van der Waals surface area contributed by atoms with Gasteiger partial charge >= 0.3 is 5.97 Å². The van der Waals surface area contributed by atoms with E-state index in [4.69, 9.17) is 9.15 Å². The number of aryl methyl sites for hydroxylation is 1. The van der Waals surface area contributed by atoms with Crippen LogP contribution in [0, 0.1) is 13.8 Å². The number of esters is 1. The lowest BCUT2D eigenvalue weighted by molar-refractivity contribution is -0.145. The molecule has 0 unspecified atom stereocenters. The summed E-state index contributed by atoms with van der Waals surface area (Å²) >= 11 is 0. The molecule has 0 spiro atoms. The van der Waals surface area contributed by atoms with Crippen molar-refractivity contribution in [3.8, 4) is 0 Å². The predicted molar refractivity (Wildman–Crippen MR) is 104 cm³/mol. The van der Waals surface area contributed by atoms with Crippen LogP contribution in [0.1, 0.15) is 45.9 Å². The Morgan fingerprint density at radius 1 is 1.11 bits per heavy atom. The van der Waals surface area contributed by atoms with Crippen LogP contribution in [0.3, 0.4) is 0 Å². The van der Waals surface area contributed by atoms with Gasteiger partial charge in [-0.3, -0.25) is 9.59 Å². The van der Waals surface area contributed by atoms with Gasteiger partial charge in [-0.05, 0) is 50.5 Å². The molecule has 1 aliphatic rings. The largest absolute Gasteiger partial charge is 0.467 e. The Bertz CT molecular complexity index is 995. The fourth-order valence-corrected chi connectivity index (χ4v) is 3.72. The van der Waals surface area contributed by atoms with Crippen molar-refractivity contribution in [2.24, 2.45) is 0 Å². The van der Waals surface area contributed by atoms with Crippen molar-refractivity contribution >= 4 is 11.8 Å². The molecular weight excluding hydrogens is 354 g/mol. The number of furan rings is 1. The molecule has 0 atom stereocenters. The maximum absolute atomic E-state index is 12.7. The van der Waals surface area contributed by atoms with Crippen LogP contribution in [-0.2, 0) is 21.5 Å². The number of aromatic nitrogens is 1. The Morgan fingerprint density at radius 3 is 2.50 bits per heavy atom. The van der Waals surface area contributed by atoms with Gasteiger partial charge in [-0.25, -0.2) is 0 Å². The van der Waals surface area contributed by atoms with Crippen LogP contribution in [0.5, 0.6) is 0 Å². The van der Waals surface area contributed by atoms with E-state index in [1.165, 1.54) is 0 Å². The monoisotopic (exact) mass is 377 g/mol. The second kappa shape index (κ2) is 7.15. The lowest BCUT2D eigenvalue weighted by Crippen LogP contribution is -2.26. The molecule has 144 valence electrons. The molecule has 5 heteroatoms. The van der Waals surface area contributed by atoms with Gasteiger partial charge in [0.2, 0.25) is 5.78 Å². The fourth-order valence-electron chi connectivity index (χ4n) is 3.72. The van der Waals surface area contributed by atoms with E-state index in [0.29, 0.717) is 12.1 Å². The number of carbonyl (C=O) groups excluding carboxylic acids is 2. The van der Waals surface area contributed by atoms with Crippen molar-refractivity contribution < 1.29 is 18.7 Å². The smallest absolute Gasteiger partial charge is 0.317 e. The third kappa shape index (κ3) is 3.28. The average molecular weight is 377 g/mol. The first-order valence-corrected chi connectivity index (χ1v) is 9.46. The minimum Gasteiger partial charge on any atom is -0.467 e. The minimum absolute atomic E-state index is 0.184. The highest BCUT2D eigenvalue weighted by Crippen LogP contribution is 2.49. The zero-order chi connectivity index (χ0) is 19.7. The minimum atomic E-state index is -0.572. The van der Waals surface area contributed by atoms with E-state index < -0.39 is 5.41 Å². The van der Waals surface area contributed by atoms with Crippen molar-refractivity contribution in [2.45, 2.75) is 38.6 Å². The summed E-state index contributed by atoms with van der Waals surface area (Å²) in [5.74, 6) is 0.332. The van der Waals surface area contributed by atoms with Crippen molar-refractivity contribution in [3.63, 3.8) is 0 Å². The highest BCUT2D eigenvalue weighted by atomic mass is 16.5. The highest BCUT2D eigenvalue weighted by Gasteiger charge is 2.52. The molecular formula is C23H23NO4. The summed E-state index contributed by atoms with van der Waals surface area (Å²) < 4.78 is 12.9. The Labute approximate surface area is 163 Å². The molecule has 5 nitrogen and oxygen atoms in total. The van der Waals surface area contributed by atoms with Gasteiger partial charge in [0, 0.05) is 17.0 Å². The number of ether oxygens (including phenoxy) is 1. The first-order valence-electron chi connectivity index (χ1n) is 9.46. The second-order valence-electron chi connectivity index (χ2n) is 7.40. The number of Topliss-reactive ketones (excluding diaryl/α,β-unsaturated/α-hetero) is 1. The van der Waals surface area contributed by atoms with Crippen LogP contribution < -0.4 is 0 Å². The van der Waals surface area contributed by atoms with E-state index in [0.717, 1.165) is 35.6 Å². The third-order valence-corrected chi connectivity index (χ3v) is 5.57. The van der Waals surface area contributed by atoms with Gasteiger partial charge in [0.25, 0.3) is 0 Å². The predicted octanol–water partition coefficient (Wildman–Crippen LogP) is 4.20. The molecule has 4 rings (SSSR count). The second-order valence-corrected chi connectivity index (χ2v) is 7.40. The van der Waals surface area contributed by atoms with E-state index in [1.807, 2.05) is 66.9 Å². The van der Waals surface area contributed by atoms with Crippen molar-refractivity contribution in [3.05, 3.63) is 83.1 Å². The molecule has 0 aliphatic heterocycles. The number of ketones is 1. The zero-order valence-corrected chi connectivity index (χ0v) is 16.1. The van der Waals surface area contributed by atoms with Crippen LogP contribution in [0.15, 0.2) is 59.2 Å². The summed E-state index contributed by atoms with van der Waals surface area (Å²) in [5.41, 5.74) is 2.79. The summed E-state index contributed by atoms with van der Waals surface area (Å²) in [5, 5.41) is 0. The SMILES string of the molecule is Cc1cc(C(=O)COC(=O)C2(c3ccccc3)CC2)c(C)n1Cc1ccco1. The number of rotatable bonds is 7. The normalized spacial score (nSPS) is 14.6. The highest BCUT2D eigenvalue weighted by molar-refractivity contribution is 6.00. The molecule has 28 heavy (non-hydrogen) atoms. The molecule has 1 aromatic carbocycles. The van der Waals surface area contributed by atoms with Gasteiger partial charge in [-0.15, -0.1) is 0 Å². The van der Waals surface area contributed by atoms with Crippen molar-refractivity contribution in [1.82, 2.24) is 4.57 Å².